The number of nitriles is 1. The minimum absolute atomic E-state index is 0.0596. The molecular formula is C15H21N3O. The summed E-state index contributed by atoms with van der Waals surface area (Å²) in [7, 11) is 0. The Hall–Kier alpha value is -1.89. The summed E-state index contributed by atoms with van der Waals surface area (Å²) >= 11 is 0. The van der Waals surface area contributed by atoms with Crippen LogP contribution in [0.2, 0.25) is 0 Å². The first kappa shape index (κ1) is 15.2. The van der Waals surface area contributed by atoms with Crippen molar-refractivity contribution < 1.29 is 4.79 Å². The second kappa shape index (κ2) is 6.33. The van der Waals surface area contributed by atoms with Crippen molar-refractivity contribution in [3.05, 3.63) is 29.6 Å². The maximum atomic E-state index is 12.0. The SMILES string of the molecule is CC(C)CC(C)(C)CNC(=O)c1cncc(C#N)c1. The summed E-state index contributed by atoms with van der Waals surface area (Å²) in [6, 6.07) is 3.53. The molecule has 1 rings (SSSR count). The van der Waals surface area contributed by atoms with Crippen molar-refractivity contribution in [3.63, 3.8) is 0 Å². The minimum atomic E-state index is -0.179. The zero-order chi connectivity index (χ0) is 14.5. The third kappa shape index (κ3) is 5.09. The first-order valence-electron chi connectivity index (χ1n) is 6.47. The molecule has 0 saturated carbocycles. The Morgan fingerprint density at radius 3 is 2.74 bits per heavy atom. The third-order valence-corrected chi connectivity index (χ3v) is 2.82. The second-order valence-electron chi connectivity index (χ2n) is 6.02. The number of amides is 1. The highest BCUT2D eigenvalue weighted by atomic mass is 16.1. The predicted octanol–water partition coefficient (Wildman–Crippen LogP) is 2.76. The molecule has 1 aromatic rings. The van der Waals surface area contributed by atoms with Gasteiger partial charge in [-0.05, 0) is 23.8 Å². The summed E-state index contributed by atoms with van der Waals surface area (Å²) in [5, 5.41) is 11.7. The maximum Gasteiger partial charge on any atom is 0.252 e. The van der Waals surface area contributed by atoms with Crippen LogP contribution in [0.5, 0.6) is 0 Å². The highest BCUT2D eigenvalue weighted by Gasteiger charge is 2.20. The van der Waals surface area contributed by atoms with Crippen LogP contribution >= 0.6 is 0 Å². The number of pyridine rings is 1. The summed E-state index contributed by atoms with van der Waals surface area (Å²) in [6.45, 7) is 9.23. The fourth-order valence-corrected chi connectivity index (χ4v) is 2.22. The molecule has 102 valence electrons. The van der Waals surface area contributed by atoms with Crippen LogP contribution in [0.25, 0.3) is 0 Å². The van der Waals surface area contributed by atoms with Gasteiger partial charge in [0, 0.05) is 18.9 Å². The average molecular weight is 259 g/mol. The monoisotopic (exact) mass is 259 g/mol. The average Bonchev–Trinajstić information content (AvgIpc) is 2.34. The molecule has 0 spiro atoms. The molecule has 1 amide bonds. The predicted molar refractivity (Wildman–Crippen MR) is 74.5 cm³/mol. The Bertz CT molecular complexity index is 486. The molecule has 0 aromatic carbocycles. The van der Waals surface area contributed by atoms with Gasteiger partial charge in [-0.2, -0.15) is 5.26 Å². The molecule has 0 atom stereocenters. The lowest BCUT2D eigenvalue weighted by molar-refractivity contribution is 0.0931. The number of carbonyl (C=O) groups excluding carboxylic acids is 1. The lowest BCUT2D eigenvalue weighted by Gasteiger charge is -2.26. The van der Waals surface area contributed by atoms with Crippen molar-refractivity contribution in [3.8, 4) is 6.07 Å². The van der Waals surface area contributed by atoms with Crippen LogP contribution in [-0.2, 0) is 0 Å². The second-order valence-corrected chi connectivity index (χ2v) is 6.02. The number of nitrogens with one attached hydrogen (secondary N) is 1. The molecular weight excluding hydrogens is 238 g/mol. The number of carbonyl (C=O) groups is 1. The van der Waals surface area contributed by atoms with Gasteiger partial charge in [-0.1, -0.05) is 27.7 Å². The van der Waals surface area contributed by atoms with Crippen LogP contribution in [0.15, 0.2) is 18.5 Å². The smallest absolute Gasteiger partial charge is 0.252 e. The van der Waals surface area contributed by atoms with E-state index < -0.39 is 0 Å². The first-order chi connectivity index (χ1) is 8.84. The van der Waals surface area contributed by atoms with Crippen LogP contribution < -0.4 is 5.32 Å². The van der Waals surface area contributed by atoms with Crippen molar-refractivity contribution >= 4 is 5.91 Å². The topological polar surface area (TPSA) is 65.8 Å². The lowest BCUT2D eigenvalue weighted by atomic mass is 9.84. The number of aromatic nitrogens is 1. The fourth-order valence-electron chi connectivity index (χ4n) is 2.22. The van der Waals surface area contributed by atoms with E-state index in [-0.39, 0.29) is 11.3 Å². The number of hydrogen-bond acceptors (Lipinski definition) is 3. The van der Waals surface area contributed by atoms with Crippen LogP contribution in [0.4, 0.5) is 0 Å². The van der Waals surface area contributed by atoms with Crippen molar-refractivity contribution in [1.29, 1.82) is 5.26 Å². The number of rotatable bonds is 5. The van der Waals surface area contributed by atoms with Gasteiger partial charge in [-0.15, -0.1) is 0 Å². The Morgan fingerprint density at radius 2 is 2.16 bits per heavy atom. The summed E-state index contributed by atoms with van der Waals surface area (Å²) in [5.74, 6) is 0.414. The molecule has 1 aromatic heterocycles. The maximum absolute atomic E-state index is 12.0. The lowest BCUT2D eigenvalue weighted by Crippen LogP contribution is -2.34. The number of hydrogen-bond donors (Lipinski definition) is 1. The Kier molecular flexibility index (Phi) is 5.05. The molecule has 0 saturated heterocycles. The fraction of sp³-hybridized carbons (Fsp3) is 0.533. The Balaban J connectivity index is 2.63. The van der Waals surface area contributed by atoms with Gasteiger partial charge in [0.05, 0.1) is 11.1 Å². The van der Waals surface area contributed by atoms with Gasteiger partial charge in [-0.25, -0.2) is 0 Å². The molecule has 0 aliphatic rings. The van der Waals surface area contributed by atoms with Gasteiger partial charge in [0.1, 0.15) is 6.07 Å². The van der Waals surface area contributed by atoms with E-state index >= 15 is 0 Å². The van der Waals surface area contributed by atoms with Gasteiger partial charge >= 0.3 is 0 Å². The standard InChI is InChI=1S/C15H21N3O/c1-11(2)6-15(3,4)10-18-14(19)13-5-12(7-16)8-17-9-13/h5,8-9,11H,6,10H2,1-4H3,(H,18,19). The molecule has 0 radical (unpaired) electrons. The van der Waals surface area contributed by atoms with E-state index in [2.05, 4.69) is 38.0 Å². The molecule has 0 fully saturated rings. The number of nitrogens with zero attached hydrogens (tertiary/aromatic N) is 2. The molecule has 4 nitrogen and oxygen atoms in total. The van der Waals surface area contributed by atoms with E-state index in [0.29, 0.717) is 23.6 Å². The van der Waals surface area contributed by atoms with Crippen LogP contribution in [0.1, 0.15) is 50.0 Å². The van der Waals surface area contributed by atoms with Crippen LogP contribution in [0.3, 0.4) is 0 Å². The molecule has 4 heteroatoms. The van der Waals surface area contributed by atoms with E-state index in [1.165, 1.54) is 12.4 Å². The molecule has 1 N–H and O–H groups in total. The van der Waals surface area contributed by atoms with E-state index in [0.717, 1.165) is 6.42 Å². The van der Waals surface area contributed by atoms with Crippen molar-refractivity contribution in [2.75, 3.05) is 6.54 Å². The van der Waals surface area contributed by atoms with Crippen molar-refractivity contribution in [1.82, 2.24) is 10.3 Å². The molecule has 0 aliphatic heterocycles. The van der Waals surface area contributed by atoms with Gasteiger partial charge in [0.2, 0.25) is 0 Å². The molecule has 0 bridgehead atoms. The Morgan fingerprint density at radius 1 is 1.47 bits per heavy atom. The van der Waals surface area contributed by atoms with Gasteiger partial charge in [0.25, 0.3) is 5.91 Å². The summed E-state index contributed by atoms with van der Waals surface area (Å²) in [5.41, 5.74) is 0.887. The first-order valence-corrected chi connectivity index (χ1v) is 6.47. The van der Waals surface area contributed by atoms with E-state index in [1.54, 1.807) is 6.07 Å². The van der Waals surface area contributed by atoms with Crippen LogP contribution in [0, 0.1) is 22.7 Å². The summed E-state index contributed by atoms with van der Waals surface area (Å²) < 4.78 is 0. The third-order valence-electron chi connectivity index (χ3n) is 2.82. The highest BCUT2D eigenvalue weighted by molar-refractivity contribution is 5.94. The van der Waals surface area contributed by atoms with Gasteiger partial charge < -0.3 is 5.32 Å². The zero-order valence-corrected chi connectivity index (χ0v) is 12.0. The minimum Gasteiger partial charge on any atom is -0.351 e. The van der Waals surface area contributed by atoms with E-state index in [4.69, 9.17) is 5.26 Å². The van der Waals surface area contributed by atoms with Gasteiger partial charge in [-0.3, -0.25) is 9.78 Å². The Labute approximate surface area is 114 Å². The van der Waals surface area contributed by atoms with E-state index in [1.807, 2.05) is 6.07 Å². The summed E-state index contributed by atoms with van der Waals surface area (Å²) in [4.78, 5) is 15.9. The van der Waals surface area contributed by atoms with Crippen molar-refractivity contribution in [2.24, 2.45) is 11.3 Å². The quantitative estimate of drug-likeness (QED) is 0.884. The molecule has 0 unspecified atom stereocenters. The molecule has 1 heterocycles. The zero-order valence-electron chi connectivity index (χ0n) is 12.0. The summed E-state index contributed by atoms with van der Waals surface area (Å²) in [6.07, 6.45) is 3.97. The highest BCUT2D eigenvalue weighted by Crippen LogP contribution is 2.24. The largest absolute Gasteiger partial charge is 0.351 e. The van der Waals surface area contributed by atoms with Gasteiger partial charge in [0.15, 0.2) is 0 Å². The van der Waals surface area contributed by atoms with Crippen LogP contribution in [-0.4, -0.2) is 17.4 Å². The molecule has 19 heavy (non-hydrogen) atoms. The molecule has 0 aliphatic carbocycles. The normalized spacial score (nSPS) is 11.2. The van der Waals surface area contributed by atoms with E-state index in [9.17, 15) is 4.79 Å². The van der Waals surface area contributed by atoms with Crippen molar-refractivity contribution in [2.45, 2.75) is 34.1 Å².